The minimum absolute atomic E-state index is 0.00330. The number of likely N-dealkylation sites (tertiary alicyclic amines) is 1. The molecule has 1 aromatic carbocycles. The van der Waals surface area contributed by atoms with E-state index >= 15 is 0 Å². The predicted octanol–water partition coefficient (Wildman–Crippen LogP) is 0.644. The van der Waals surface area contributed by atoms with Crippen molar-refractivity contribution in [3.8, 4) is 0 Å². The molecule has 8 heteroatoms. The summed E-state index contributed by atoms with van der Waals surface area (Å²) in [6.45, 7) is 7.98. The van der Waals surface area contributed by atoms with Crippen LogP contribution in [0, 0.1) is 5.92 Å². The van der Waals surface area contributed by atoms with Crippen LogP contribution in [-0.2, 0) is 21.0 Å². The molecular formula is C22H34N4O4. The summed E-state index contributed by atoms with van der Waals surface area (Å²) in [5.41, 5.74) is 5.88. The molecule has 2 unspecified atom stereocenters. The number of carbonyl (C=O) groups is 2. The lowest BCUT2D eigenvalue weighted by atomic mass is 9.87. The maximum Gasteiger partial charge on any atom is 0.268 e. The van der Waals surface area contributed by atoms with Gasteiger partial charge in [0, 0.05) is 19.1 Å². The monoisotopic (exact) mass is 418 g/mol. The third-order valence-corrected chi connectivity index (χ3v) is 6.07. The molecule has 0 bridgehead atoms. The summed E-state index contributed by atoms with van der Waals surface area (Å²) in [7, 11) is 0. The van der Waals surface area contributed by atoms with Crippen LogP contribution in [0.25, 0.3) is 0 Å². The van der Waals surface area contributed by atoms with E-state index in [0.29, 0.717) is 25.6 Å². The number of aliphatic hydroxyl groups excluding tert-OH is 1. The van der Waals surface area contributed by atoms with Gasteiger partial charge < -0.3 is 16.2 Å². The van der Waals surface area contributed by atoms with Gasteiger partial charge in [-0.15, -0.1) is 0 Å². The average Bonchev–Trinajstić information content (AvgIpc) is 3.04. The van der Waals surface area contributed by atoms with Gasteiger partial charge >= 0.3 is 0 Å². The summed E-state index contributed by atoms with van der Waals surface area (Å²) in [5.74, 6) is -0.185. The summed E-state index contributed by atoms with van der Waals surface area (Å²) in [5, 5.41) is 14.4. The first kappa shape index (κ1) is 22.7. The predicted molar refractivity (Wildman–Crippen MR) is 113 cm³/mol. The number of nitrogens with one attached hydrogen (secondary N) is 1. The highest BCUT2D eigenvalue weighted by atomic mass is 16.7. The van der Waals surface area contributed by atoms with Gasteiger partial charge in [0.2, 0.25) is 5.91 Å². The summed E-state index contributed by atoms with van der Waals surface area (Å²) in [6.07, 6.45) is 0.721. The molecular weight excluding hydrogens is 384 g/mol. The summed E-state index contributed by atoms with van der Waals surface area (Å²) in [6, 6.07) is 9.08. The van der Waals surface area contributed by atoms with E-state index in [2.05, 4.69) is 24.1 Å². The number of carbonyl (C=O) groups excluding carboxylic acids is 2. The molecule has 2 fully saturated rings. The molecule has 2 saturated heterocycles. The number of aliphatic hydroxyl groups is 1. The molecule has 0 saturated carbocycles. The molecule has 2 heterocycles. The van der Waals surface area contributed by atoms with E-state index in [1.807, 2.05) is 30.3 Å². The number of β-lactam (4-membered cyclic amide) rings is 1. The lowest BCUT2D eigenvalue weighted by Crippen LogP contribution is -2.73. The molecule has 0 aromatic heterocycles. The second-order valence-corrected chi connectivity index (χ2v) is 8.90. The molecule has 2 amide bonds. The van der Waals surface area contributed by atoms with Crippen LogP contribution in [0.15, 0.2) is 30.3 Å². The van der Waals surface area contributed by atoms with Gasteiger partial charge in [-0.25, -0.2) is 5.06 Å². The third kappa shape index (κ3) is 4.67. The highest BCUT2D eigenvalue weighted by Gasteiger charge is 2.61. The van der Waals surface area contributed by atoms with Crippen LogP contribution in [0.3, 0.4) is 0 Å². The Bertz CT molecular complexity index is 742. The van der Waals surface area contributed by atoms with E-state index in [-0.39, 0.29) is 11.9 Å². The first-order chi connectivity index (χ1) is 14.2. The van der Waals surface area contributed by atoms with E-state index in [4.69, 9.17) is 10.6 Å². The Kier molecular flexibility index (Phi) is 7.13. The van der Waals surface area contributed by atoms with E-state index in [1.54, 1.807) is 6.92 Å². The smallest absolute Gasteiger partial charge is 0.268 e. The Morgan fingerprint density at radius 1 is 1.33 bits per heavy atom. The zero-order valence-electron chi connectivity index (χ0n) is 18.1. The molecule has 166 valence electrons. The van der Waals surface area contributed by atoms with Crippen LogP contribution in [0.5, 0.6) is 0 Å². The number of hydrogen-bond acceptors (Lipinski definition) is 6. The van der Waals surface area contributed by atoms with Crippen molar-refractivity contribution in [3.05, 3.63) is 35.9 Å². The van der Waals surface area contributed by atoms with Gasteiger partial charge in [0.25, 0.3) is 5.91 Å². The zero-order chi connectivity index (χ0) is 21.9. The second-order valence-electron chi connectivity index (χ2n) is 8.90. The van der Waals surface area contributed by atoms with Crippen molar-refractivity contribution in [1.29, 1.82) is 0 Å². The number of benzene rings is 1. The van der Waals surface area contributed by atoms with Crippen LogP contribution >= 0.6 is 0 Å². The Morgan fingerprint density at radius 3 is 2.60 bits per heavy atom. The van der Waals surface area contributed by atoms with Crippen LogP contribution in [0.4, 0.5) is 0 Å². The van der Waals surface area contributed by atoms with Crippen molar-refractivity contribution >= 4 is 11.8 Å². The minimum atomic E-state index is -0.872. The molecule has 2 aliphatic rings. The molecule has 4 N–H and O–H groups in total. The molecule has 0 radical (unpaired) electrons. The SMILES string of the molecule is CC(C)CN1C(CN[C@H](C(N)=O)[C@@H](C)O)CCC12CN(OCc1ccccc1)C2=O. The van der Waals surface area contributed by atoms with E-state index < -0.39 is 23.6 Å². The van der Waals surface area contributed by atoms with E-state index in [0.717, 1.165) is 24.9 Å². The summed E-state index contributed by atoms with van der Waals surface area (Å²) in [4.78, 5) is 32.7. The third-order valence-electron chi connectivity index (χ3n) is 6.07. The molecule has 1 aromatic rings. The van der Waals surface area contributed by atoms with Crippen molar-refractivity contribution in [3.63, 3.8) is 0 Å². The average molecular weight is 419 g/mol. The number of rotatable bonds is 10. The lowest BCUT2D eigenvalue weighted by molar-refractivity contribution is -0.244. The van der Waals surface area contributed by atoms with Gasteiger partial charge in [-0.3, -0.25) is 19.3 Å². The molecule has 8 nitrogen and oxygen atoms in total. The minimum Gasteiger partial charge on any atom is -0.391 e. The fourth-order valence-corrected chi connectivity index (χ4v) is 4.50. The summed E-state index contributed by atoms with van der Waals surface area (Å²) >= 11 is 0. The number of hydrogen-bond donors (Lipinski definition) is 3. The van der Waals surface area contributed by atoms with Gasteiger partial charge in [0.1, 0.15) is 18.2 Å². The number of nitrogens with zero attached hydrogens (tertiary/aromatic N) is 2. The van der Waals surface area contributed by atoms with Crippen LogP contribution < -0.4 is 11.1 Å². The lowest BCUT2D eigenvalue weighted by Gasteiger charge is -2.51. The van der Waals surface area contributed by atoms with Crippen molar-refractivity contribution < 1.29 is 19.5 Å². The number of primary amides is 1. The summed E-state index contributed by atoms with van der Waals surface area (Å²) < 4.78 is 0. The molecule has 2 aliphatic heterocycles. The largest absolute Gasteiger partial charge is 0.391 e. The van der Waals surface area contributed by atoms with Crippen LogP contribution in [0.1, 0.15) is 39.2 Å². The Labute approximate surface area is 178 Å². The fraction of sp³-hybridized carbons (Fsp3) is 0.636. The molecule has 30 heavy (non-hydrogen) atoms. The molecule has 1 spiro atoms. The maximum absolute atomic E-state index is 13.1. The molecule has 0 aliphatic carbocycles. The molecule has 3 rings (SSSR count). The van der Waals surface area contributed by atoms with Gasteiger partial charge in [-0.05, 0) is 31.2 Å². The number of amides is 2. The van der Waals surface area contributed by atoms with E-state index in [1.165, 1.54) is 5.06 Å². The van der Waals surface area contributed by atoms with Crippen LogP contribution in [0.2, 0.25) is 0 Å². The zero-order valence-corrected chi connectivity index (χ0v) is 18.1. The van der Waals surface area contributed by atoms with Crippen molar-refractivity contribution in [2.75, 3.05) is 19.6 Å². The van der Waals surface area contributed by atoms with Gasteiger partial charge in [-0.1, -0.05) is 44.2 Å². The standard InChI is InChI=1S/C22H34N4O4/c1-15(2)12-25-18(11-24-19(16(3)27)20(23)28)9-10-22(25)14-26(21(22)29)30-13-17-7-5-4-6-8-17/h4-8,15-16,18-19,24,27H,9-14H2,1-3H3,(H2,23,28)/t16-,18?,19+,22?/m1/s1. The Balaban J connectivity index is 1.63. The number of hydroxylamine groups is 2. The second kappa shape index (κ2) is 9.43. The van der Waals surface area contributed by atoms with Crippen molar-refractivity contribution in [2.24, 2.45) is 11.7 Å². The maximum atomic E-state index is 13.1. The Hall–Kier alpha value is -2.00. The first-order valence-electron chi connectivity index (χ1n) is 10.7. The first-order valence-corrected chi connectivity index (χ1v) is 10.7. The molecule has 4 atom stereocenters. The fourth-order valence-electron chi connectivity index (χ4n) is 4.50. The highest BCUT2D eigenvalue weighted by molar-refractivity contribution is 5.92. The van der Waals surface area contributed by atoms with Crippen molar-refractivity contribution in [1.82, 2.24) is 15.3 Å². The Morgan fingerprint density at radius 2 is 2.03 bits per heavy atom. The van der Waals surface area contributed by atoms with Crippen molar-refractivity contribution in [2.45, 2.75) is 63.9 Å². The van der Waals surface area contributed by atoms with Gasteiger partial charge in [0.05, 0.1) is 12.6 Å². The number of nitrogens with two attached hydrogens (primary N) is 1. The van der Waals surface area contributed by atoms with Crippen LogP contribution in [-0.4, -0.2) is 70.2 Å². The van der Waals surface area contributed by atoms with E-state index in [9.17, 15) is 14.7 Å². The topological polar surface area (TPSA) is 108 Å². The quantitative estimate of drug-likeness (QED) is 0.482. The normalized spacial score (nSPS) is 26.2. The van der Waals surface area contributed by atoms with Gasteiger partial charge in [0.15, 0.2) is 0 Å². The highest BCUT2D eigenvalue weighted by Crippen LogP contribution is 2.42. The van der Waals surface area contributed by atoms with Gasteiger partial charge in [-0.2, -0.15) is 0 Å².